The number of methoxy groups -OCH3 is 1. The maximum Gasteiger partial charge on any atom is 0.252 e. The molecule has 1 N–H and O–H groups in total. The lowest BCUT2D eigenvalue weighted by molar-refractivity contribution is -0.130. The molecular weight excluding hydrogens is 405 g/mol. The quantitative estimate of drug-likeness (QED) is 0.653. The van der Waals surface area contributed by atoms with Crippen LogP contribution in [0.15, 0.2) is 48.5 Å². The molecule has 1 fully saturated rings. The van der Waals surface area contributed by atoms with Crippen molar-refractivity contribution in [2.75, 3.05) is 25.5 Å². The molecule has 158 valence electrons. The Kier molecular flexibility index (Phi) is 6.99. The van der Waals surface area contributed by atoms with Crippen molar-refractivity contribution in [3.8, 4) is 5.75 Å². The van der Waals surface area contributed by atoms with E-state index in [0.29, 0.717) is 41.6 Å². The Morgan fingerprint density at radius 1 is 1.20 bits per heavy atom. The Labute approximate surface area is 180 Å². The van der Waals surface area contributed by atoms with Gasteiger partial charge in [0.2, 0.25) is 5.91 Å². The van der Waals surface area contributed by atoms with Crippen LogP contribution in [0.4, 0.5) is 10.1 Å². The van der Waals surface area contributed by atoms with Gasteiger partial charge in [-0.05, 0) is 61.5 Å². The van der Waals surface area contributed by atoms with Crippen LogP contribution in [0, 0.1) is 5.82 Å². The lowest BCUT2D eigenvalue weighted by Crippen LogP contribution is -2.39. The maximum absolute atomic E-state index is 14.0. The molecule has 0 spiro atoms. The number of nitrogens with zero attached hydrogens (tertiary/aromatic N) is 2. The Hall–Kier alpha value is -3.00. The summed E-state index contributed by atoms with van der Waals surface area (Å²) in [6.45, 7) is 2.60. The number of ether oxygens (including phenoxy) is 1. The zero-order valence-electron chi connectivity index (χ0n) is 16.9. The molecule has 0 aliphatic carbocycles. The number of rotatable bonds is 8. The van der Waals surface area contributed by atoms with Crippen molar-refractivity contribution in [1.82, 2.24) is 9.80 Å². The molecule has 0 aromatic heterocycles. The van der Waals surface area contributed by atoms with Gasteiger partial charge in [-0.3, -0.25) is 14.5 Å². The van der Waals surface area contributed by atoms with E-state index >= 15 is 0 Å². The van der Waals surface area contributed by atoms with Gasteiger partial charge in [0.15, 0.2) is 5.11 Å². The smallest absolute Gasteiger partial charge is 0.252 e. The molecule has 30 heavy (non-hydrogen) atoms. The number of carbonyl (C=O) groups is 2. The fourth-order valence-corrected chi connectivity index (χ4v) is 3.88. The SMILES string of the molecule is CCN1C(=O)[C@@H](CC(=O)Nc2ccc(OC)cc2)N(CCc2ccccc2F)C1=S. The highest BCUT2D eigenvalue weighted by atomic mass is 32.1. The van der Waals surface area contributed by atoms with E-state index in [1.807, 2.05) is 6.92 Å². The van der Waals surface area contributed by atoms with Crippen molar-refractivity contribution in [3.05, 3.63) is 59.9 Å². The number of thiocarbonyl (C=S) groups is 1. The van der Waals surface area contributed by atoms with Crippen LogP contribution in [0.3, 0.4) is 0 Å². The van der Waals surface area contributed by atoms with Crippen LogP contribution in [0.1, 0.15) is 18.9 Å². The molecule has 3 rings (SSSR count). The molecule has 2 amide bonds. The predicted molar refractivity (Wildman–Crippen MR) is 117 cm³/mol. The van der Waals surface area contributed by atoms with Gasteiger partial charge in [0.1, 0.15) is 17.6 Å². The Bertz CT molecular complexity index is 935. The standard InChI is InChI=1S/C22H24FN3O3S/c1-3-25-21(28)19(14-20(27)24-16-8-10-17(29-2)11-9-16)26(22(25)30)13-12-15-6-4-5-7-18(15)23/h4-11,19H,3,12-14H2,1-2H3,(H,24,27)/t19-/m1/s1. The summed E-state index contributed by atoms with van der Waals surface area (Å²) in [4.78, 5) is 28.6. The molecule has 6 nitrogen and oxygen atoms in total. The Morgan fingerprint density at radius 3 is 2.53 bits per heavy atom. The predicted octanol–water partition coefficient (Wildman–Crippen LogP) is 3.22. The van der Waals surface area contributed by atoms with Crippen molar-refractivity contribution in [2.45, 2.75) is 25.8 Å². The highest BCUT2D eigenvalue weighted by Gasteiger charge is 2.42. The van der Waals surface area contributed by atoms with Gasteiger partial charge >= 0.3 is 0 Å². The van der Waals surface area contributed by atoms with Crippen molar-refractivity contribution in [2.24, 2.45) is 0 Å². The molecule has 2 aromatic carbocycles. The first kappa shape index (κ1) is 21.7. The molecule has 1 aliphatic heterocycles. The van der Waals surface area contributed by atoms with Gasteiger partial charge in [0.25, 0.3) is 5.91 Å². The molecular formula is C22H24FN3O3S. The highest BCUT2D eigenvalue weighted by Crippen LogP contribution is 2.23. The van der Waals surface area contributed by atoms with Crippen LogP contribution in [-0.2, 0) is 16.0 Å². The van der Waals surface area contributed by atoms with Crippen molar-refractivity contribution >= 4 is 34.8 Å². The third-order valence-electron chi connectivity index (χ3n) is 5.05. The summed E-state index contributed by atoms with van der Waals surface area (Å²) in [5, 5.41) is 3.17. The van der Waals surface area contributed by atoms with Gasteiger partial charge in [-0.15, -0.1) is 0 Å². The van der Waals surface area contributed by atoms with Crippen LogP contribution in [0.25, 0.3) is 0 Å². The molecule has 2 aromatic rings. The Balaban J connectivity index is 1.70. The highest BCUT2D eigenvalue weighted by molar-refractivity contribution is 7.80. The number of benzene rings is 2. The van der Waals surface area contributed by atoms with Gasteiger partial charge in [-0.25, -0.2) is 4.39 Å². The molecule has 8 heteroatoms. The van der Waals surface area contributed by atoms with Crippen LogP contribution in [0.2, 0.25) is 0 Å². The third kappa shape index (κ3) is 4.76. The van der Waals surface area contributed by atoms with Crippen LogP contribution < -0.4 is 10.1 Å². The normalized spacial score (nSPS) is 16.2. The van der Waals surface area contributed by atoms with Gasteiger partial charge in [0, 0.05) is 18.8 Å². The molecule has 1 atom stereocenters. The summed E-state index contributed by atoms with van der Waals surface area (Å²) in [6, 6.07) is 12.7. The number of anilines is 1. The molecule has 1 saturated heterocycles. The summed E-state index contributed by atoms with van der Waals surface area (Å²) < 4.78 is 19.1. The minimum atomic E-state index is -0.706. The second-order valence-corrected chi connectivity index (χ2v) is 7.26. The number of nitrogens with one attached hydrogen (secondary N) is 1. The number of halogens is 1. The summed E-state index contributed by atoms with van der Waals surface area (Å²) in [7, 11) is 1.57. The van der Waals surface area contributed by atoms with E-state index in [0.717, 1.165) is 0 Å². The fourth-order valence-electron chi connectivity index (χ4n) is 3.44. The molecule has 0 saturated carbocycles. The average molecular weight is 430 g/mol. The number of hydrogen-bond donors (Lipinski definition) is 1. The molecule has 0 bridgehead atoms. The minimum absolute atomic E-state index is 0.0429. The molecule has 0 radical (unpaired) electrons. The number of amides is 2. The second-order valence-electron chi connectivity index (χ2n) is 6.90. The van der Waals surface area contributed by atoms with E-state index in [4.69, 9.17) is 17.0 Å². The van der Waals surface area contributed by atoms with E-state index in [2.05, 4.69) is 5.32 Å². The fraction of sp³-hybridized carbons (Fsp3) is 0.318. The third-order valence-corrected chi connectivity index (χ3v) is 5.51. The first-order chi connectivity index (χ1) is 14.4. The first-order valence-electron chi connectivity index (χ1n) is 9.74. The topological polar surface area (TPSA) is 61.9 Å². The van der Waals surface area contributed by atoms with Gasteiger partial charge in [-0.1, -0.05) is 18.2 Å². The maximum atomic E-state index is 14.0. The lowest BCUT2D eigenvalue weighted by atomic mass is 10.1. The van der Waals surface area contributed by atoms with Crippen LogP contribution in [0.5, 0.6) is 5.75 Å². The monoisotopic (exact) mass is 429 g/mol. The zero-order chi connectivity index (χ0) is 21.7. The number of hydrogen-bond acceptors (Lipinski definition) is 4. The summed E-state index contributed by atoms with van der Waals surface area (Å²) in [5.41, 5.74) is 1.16. The molecule has 1 aliphatic rings. The van der Waals surface area contributed by atoms with E-state index in [1.54, 1.807) is 54.5 Å². The lowest BCUT2D eigenvalue weighted by Gasteiger charge is -2.24. The minimum Gasteiger partial charge on any atom is -0.497 e. The van der Waals surface area contributed by atoms with E-state index < -0.39 is 6.04 Å². The Morgan fingerprint density at radius 2 is 1.90 bits per heavy atom. The second kappa shape index (κ2) is 9.67. The summed E-state index contributed by atoms with van der Waals surface area (Å²) >= 11 is 5.47. The average Bonchev–Trinajstić information content (AvgIpc) is 2.96. The first-order valence-corrected chi connectivity index (χ1v) is 10.1. The van der Waals surface area contributed by atoms with Crippen molar-refractivity contribution in [1.29, 1.82) is 0 Å². The zero-order valence-corrected chi connectivity index (χ0v) is 17.7. The van der Waals surface area contributed by atoms with Gasteiger partial charge in [0.05, 0.1) is 13.5 Å². The largest absolute Gasteiger partial charge is 0.497 e. The van der Waals surface area contributed by atoms with Crippen LogP contribution in [-0.4, -0.2) is 53.0 Å². The van der Waals surface area contributed by atoms with Crippen LogP contribution >= 0.6 is 12.2 Å². The number of likely N-dealkylation sites (N-methyl/N-ethyl adjacent to an activating group) is 1. The molecule has 1 heterocycles. The van der Waals surface area contributed by atoms with E-state index in [1.165, 1.54) is 11.0 Å². The van der Waals surface area contributed by atoms with E-state index in [-0.39, 0.29) is 24.1 Å². The van der Waals surface area contributed by atoms with Crippen molar-refractivity contribution in [3.63, 3.8) is 0 Å². The van der Waals surface area contributed by atoms with Gasteiger partial charge < -0.3 is 15.0 Å². The summed E-state index contributed by atoms with van der Waals surface area (Å²) in [5.74, 6) is -0.117. The summed E-state index contributed by atoms with van der Waals surface area (Å²) in [6.07, 6.45) is 0.340. The molecule has 0 unspecified atom stereocenters. The van der Waals surface area contributed by atoms with Crippen molar-refractivity contribution < 1.29 is 18.7 Å². The van der Waals surface area contributed by atoms with Gasteiger partial charge in [-0.2, -0.15) is 0 Å². The van der Waals surface area contributed by atoms with E-state index in [9.17, 15) is 14.0 Å². The number of carbonyl (C=O) groups excluding carboxylic acids is 2.